The molecule has 0 aromatic heterocycles. The predicted octanol–water partition coefficient (Wildman–Crippen LogP) is 3.38. The van der Waals surface area contributed by atoms with Gasteiger partial charge in [-0.05, 0) is 60.2 Å². The lowest BCUT2D eigenvalue weighted by molar-refractivity contribution is 0.0812. The molecule has 2 aromatic carbocycles. The second-order valence-electron chi connectivity index (χ2n) is 5.97. The van der Waals surface area contributed by atoms with Crippen molar-refractivity contribution < 1.29 is 4.74 Å². The van der Waals surface area contributed by atoms with Crippen molar-refractivity contribution in [2.24, 2.45) is 0 Å². The van der Waals surface area contributed by atoms with Gasteiger partial charge < -0.3 is 10.1 Å². The first-order valence-electron chi connectivity index (χ1n) is 7.71. The summed E-state index contributed by atoms with van der Waals surface area (Å²) in [4.78, 5) is 0. The second kappa shape index (κ2) is 4.87. The van der Waals surface area contributed by atoms with Crippen LogP contribution in [0.15, 0.2) is 30.3 Å². The van der Waals surface area contributed by atoms with Gasteiger partial charge in [-0.15, -0.1) is 0 Å². The SMILES string of the molecule is CNC(c1ccc2c3c(cccc13)CC2)C1CCCO1. The third-order valence-corrected chi connectivity index (χ3v) is 4.89. The molecule has 2 aliphatic rings. The minimum absolute atomic E-state index is 0.308. The Hall–Kier alpha value is -1.38. The van der Waals surface area contributed by atoms with Crippen LogP contribution in [0.5, 0.6) is 0 Å². The van der Waals surface area contributed by atoms with Gasteiger partial charge >= 0.3 is 0 Å². The molecule has 2 aromatic rings. The van der Waals surface area contributed by atoms with Crippen LogP contribution in [0.4, 0.5) is 0 Å². The van der Waals surface area contributed by atoms with E-state index in [1.54, 1.807) is 0 Å². The maximum absolute atomic E-state index is 5.92. The largest absolute Gasteiger partial charge is 0.376 e. The average molecular weight is 267 g/mol. The van der Waals surface area contributed by atoms with Crippen molar-refractivity contribution in [3.63, 3.8) is 0 Å². The third-order valence-electron chi connectivity index (χ3n) is 4.89. The van der Waals surface area contributed by atoms with Crippen molar-refractivity contribution >= 4 is 10.8 Å². The lowest BCUT2D eigenvalue weighted by Gasteiger charge is -2.24. The zero-order valence-corrected chi connectivity index (χ0v) is 12.0. The number of hydrogen-bond acceptors (Lipinski definition) is 2. The van der Waals surface area contributed by atoms with E-state index in [-0.39, 0.29) is 0 Å². The Morgan fingerprint density at radius 3 is 2.75 bits per heavy atom. The van der Waals surface area contributed by atoms with Crippen molar-refractivity contribution in [2.45, 2.75) is 37.8 Å². The highest BCUT2D eigenvalue weighted by atomic mass is 16.5. The number of benzene rings is 2. The van der Waals surface area contributed by atoms with Crippen molar-refractivity contribution in [3.8, 4) is 0 Å². The molecule has 1 aliphatic heterocycles. The summed E-state index contributed by atoms with van der Waals surface area (Å²) in [7, 11) is 2.05. The Kier molecular flexibility index (Phi) is 3.01. The van der Waals surface area contributed by atoms with Gasteiger partial charge in [-0.25, -0.2) is 0 Å². The monoisotopic (exact) mass is 267 g/mol. The van der Waals surface area contributed by atoms with Crippen LogP contribution in [0.2, 0.25) is 0 Å². The molecule has 1 aliphatic carbocycles. The fourth-order valence-corrected chi connectivity index (χ4v) is 3.95. The molecule has 0 radical (unpaired) electrons. The number of aryl methyl sites for hydroxylation is 2. The highest BCUT2D eigenvalue weighted by Gasteiger charge is 2.28. The minimum atomic E-state index is 0.308. The van der Waals surface area contributed by atoms with Crippen molar-refractivity contribution in [2.75, 3.05) is 13.7 Å². The summed E-state index contributed by atoms with van der Waals surface area (Å²) in [6.07, 6.45) is 5.05. The van der Waals surface area contributed by atoms with Crippen LogP contribution in [0, 0.1) is 0 Å². The molecule has 0 amide bonds. The van der Waals surface area contributed by atoms with Crippen LogP contribution >= 0.6 is 0 Å². The van der Waals surface area contributed by atoms with Gasteiger partial charge in [0.2, 0.25) is 0 Å². The van der Waals surface area contributed by atoms with Crippen molar-refractivity contribution in [1.82, 2.24) is 5.32 Å². The van der Waals surface area contributed by atoms with Gasteiger partial charge in [-0.2, -0.15) is 0 Å². The van der Waals surface area contributed by atoms with Gasteiger partial charge in [0.1, 0.15) is 0 Å². The van der Waals surface area contributed by atoms with E-state index < -0.39 is 0 Å². The number of ether oxygens (including phenoxy) is 1. The molecule has 1 fully saturated rings. The highest BCUT2D eigenvalue weighted by molar-refractivity contribution is 5.93. The van der Waals surface area contributed by atoms with Crippen LogP contribution in [0.1, 0.15) is 35.6 Å². The number of nitrogens with one attached hydrogen (secondary N) is 1. The van der Waals surface area contributed by atoms with E-state index in [1.165, 1.54) is 46.7 Å². The molecule has 0 bridgehead atoms. The molecule has 2 unspecified atom stereocenters. The highest BCUT2D eigenvalue weighted by Crippen LogP contribution is 2.37. The molecular formula is C18H21NO. The molecular weight excluding hydrogens is 246 g/mol. The first-order chi connectivity index (χ1) is 9.88. The van der Waals surface area contributed by atoms with E-state index >= 15 is 0 Å². The molecule has 4 rings (SSSR count). The fourth-order valence-electron chi connectivity index (χ4n) is 3.95. The summed E-state index contributed by atoms with van der Waals surface area (Å²) in [5, 5.41) is 6.41. The molecule has 20 heavy (non-hydrogen) atoms. The van der Waals surface area contributed by atoms with Gasteiger partial charge in [-0.3, -0.25) is 0 Å². The first-order valence-corrected chi connectivity index (χ1v) is 7.71. The third kappa shape index (κ3) is 1.79. The molecule has 1 N–H and O–H groups in total. The zero-order valence-electron chi connectivity index (χ0n) is 12.0. The van der Waals surface area contributed by atoms with Crippen LogP contribution in [-0.2, 0) is 17.6 Å². The standard InChI is InChI=1S/C18H21NO/c1-19-18(16-6-3-11-20-16)15-10-9-13-8-7-12-4-2-5-14(15)17(12)13/h2,4-5,9-10,16,18-19H,3,6-8,11H2,1H3. The summed E-state index contributed by atoms with van der Waals surface area (Å²) in [6.45, 7) is 0.907. The van der Waals surface area contributed by atoms with E-state index in [9.17, 15) is 0 Å². The van der Waals surface area contributed by atoms with Crippen molar-refractivity contribution in [1.29, 1.82) is 0 Å². The maximum Gasteiger partial charge on any atom is 0.0770 e. The minimum Gasteiger partial charge on any atom is -0.376 e. The summed E-state index contributed by atoms with van der Waals surface area (Å²) in [5.41, 5.74) is 4.44. The molecule has 1 heterocycles. The number of rotatable bonds is 3. The molecule has 2 atom stereocenters. The Labute approximate surface area is 120 Å². The smallest absolute Gasteiger partial charge is 0.0770 e. The summed E-state index contributed by atoms with van der Waals surface area (Å²) in [6, 6.07) is 11.7. The maximum atomic E-state index is 5.92. The van der Waals surface area contributed by atoms with Gasteiger partial charge in [0.05, 0.1) is 12.1 Å². The summed E-state index contributed by atoms with van der Waals surface area (Å²) < 4.78 is 5.92. The molecule has 2 nitrogen and oxygen atoms in total. The van der Waals surface area contributed by atoms with E-state index in [0.717, 1.165) is 13.0 Å². The average Bonchev–Trinajstić information content (AvgIpc) is 3.13. The molecule has 0 saturated carbocycles. The Balaban J connectivity index is 1.87. The fraction of sp³-hybridized carbons (Fsp3) is 0.444. The predicted molar refractivity (Wildman–Crippen MR) is 82.1 cm³/mol. The van der Waals surface area contributed by atoms with Crippen LogP contribution in [-0.4, -0.2) is 19.8 Å². The molecule has 0 spiro atoms. The van der Waals surface area contributed by atoms with E-state index in [1.807, 2.05) is 0 Å². The second-order valence-corrected chi connectivity index (χ2v) is 5.97. The van der Waals surface area contributed by atoms with Crippen LogP contribution in [0.25, 0.3) is 10.8 Å². The summed E-state index contributed by atoms with van der Waals surface area (Å²) in [5.74, 6) is 0. The normalized spacial score (nSPS) is 22.6. The number of hydrogen-bond donors (Lipinski definition) is 1. The van der Waals surface area contributed by atoms with Crippen molar-refractivity contribution in [3.05, 3.63) is 47.0 Å². The van der Waals surface area contributed by atoms with Gasteiger partial charge in [0.25, 0.3) is 0 Å². The Morgan fingerprint density at radius 1 is 1.15 bits per heavy atom. The first kappa shape index (κ1) is 12.4. The quantitative estimate of drug-likeness (QED) is 0.920. The van der Waals surface area contributed by atoms with E-state index in [4.69, 9.17) is 4.74 Å². The number of likely N-dealkylation sites (N-methyl/N-ethyl adjacent to an activating group) is 1. The topological polar surface area (TPSA) is 21.3 Å². The molecule has 2 heteroatoms. The van der Waals surface area contributed by atoms with Crippen LogP contribution in [0.3, 0.4) is 0 Å². The lowest BCUT2D eigenvalue weighted by atomic mass is 9.92. The van der Waals surface area contributed by atoms with Gasteiger partial charge in [0.15, 0.2) is 0 Å². The molecule has 104 valence electrons. The lowest BCUT2D eigenvalue weighted by Crippen LogP contribution is -2.29. The summed E-state index contributed by atoms with van der Waals surface area (Å²) >= 11 is 0. The van der Waals surface area contributed by atoms with E-state index in [0.29, 0.717) is 12.1 Å². The molecule has 1 saturated heterocycles. The van der Waals surface area contributed by atoms with Crippen LogP contribution < -0.4 is 5.32 Å². The van der Waals surface area contributed by atoms with E-state index in [2.05, 4.69) is 42.7 Å². The van der Waals surface area contributed by atoms with Gasteiger partial charge in [-0.1, -0.05) is 30.3 Å². The van der Waals surface area contributed by atoms with Gasteiger partial charge in [0, 0.05) is 6.61 Å². The zero-order chi connectivity index (χ0) is 13.5. The Morgan fingerprint density at radius 2 is 2.00 bits per heavy atom. The Bertz CT molecular complexity index is 633.